The number of rotatable bonds is 5. The highest BCUT2D eigenvalue weighted by atomic mass is 32.1. The molecule has 1 aliphatic heterocycles. The van der Waals surface area contributed by atoms with Crippen LogP contribution in [0.2, 0.25) is 0 Å². The topological polar surface area (TPSA) is 52.6 Å². The molecule has 128 valence electrons. The molecule has 24 heavy (non-hydrogen) atoms. The van der Waals surface area contributed by atoms with Crippen LogP contribution in [-0.4, -0.2) is 41.3 Å². The third-order valence-corrected chi connectivity index (χ3v) is 5.67. The van der Waals surface area contributed by atoms with E-state index in [0.29, 0.717) is 17.7 Å². The molecule has 0 radical (unpaired) electrons. The van der Waals surface area contributed by atoms with Crippen LogP contribution < -0.4 is 5.32 Å². The molecule has 1 saturated heterocycles. The van der Waals surface area contributed by atoms with Gasteiger partial charge in [0.15, 0.2) is 0 Å². The first kappa shape index (κ1) is 17.1. The number of aryl methyl sites for hydroxylation is 1. The number of aliphatic hydroxyl groups is 1. The first-order chi connectivity index (χ1) is 11.6. The second-order valence-corrected chi connectivity index (χ2v) is 7.41. The lowest BCUT2D eigenvalue weighted by Crippen LogP contribution is -2.55. The predicted molar refractivity (Wildman–Crippen MR) is 97.3 cm³/mol. The highest BCUT2D eigenvalue weighted by molar-refractivity contribution is 7.12. The first-order valence-corrected chi connectivity index (χ1v) is 9.29. The summed E-state index contributed by atoms with van der Waals surface area (Å²) < 4.78 is 0. The quantitative estimate of drug-likeness (QED) is 0.820. The molecule has 0 bridgehead atoms. The van der Waals surface area contributed by atoms with E-state index in [1.807, 2.05) is 24.4 Å². The van der Waals surface area contributed by atoms with E-state index in [4.69, 9.17) is 0 Å². The molecule has 1 aromatic heterocycles. The van der Waals surface area contributed by atoms with Crippen LogP contribution in [0.3, 0.4) is 0 Å². The summed E-state index contributed by atoms with van der Waals surface area (Å²) in [5, 5.41) is 15.4. The molecular weight excluding hydrogens is 320 g/mol. The number of hydrogen-bond acceptors (Lipinski definition) is 4. The first-order valence-electron chi connectivity index (χ1n) is 8.41. The fourth-order valence-electron chi connectivity index (χ4n) is 3.08. The second-order valence-electron chi connectivity index (χ2n) is 6.50. The Morgan fingerprint density at radius 3 is 2.58 bits per heavy atom. The van der Waals surface area contributed by atoms with Crippen LogP contribution in [0.25, 0.3) is 0 Å². The SMILES string of the molecule is Cc1ccsc1C(=O)NC1(O)CCN(CCc2ccccc2)CC1. The minimum atomic E-state index is -1.09. The number of thiophene rings is 1. The molecule has 3 rings (SSSR count). The van der Waals surface area contributed by atoms with Crippen molar-refractivity contribution in [3.05, 3.63) is 57.8 Å². The van der Waals surface area contributed by atoms with Crippen LogP contribution in [-0.2, 0) is 6.42 Å². The largest absolute Gasteiger partial charge is 0.371 e. The summed E-state index contributed by atoms with van der Waals surface area (Å²) in [7, 11) is 0. The van der Waals surface area contributed by atoms with Gasteiger partial charge in [-0.05, 0) is 35.9 Å². The summed E-state index contributed by atoms with van der Waals surface area (Å²) in [4.78, 5) is 15.4. The molecule has 1 aromatic carbocycles. The van der Waals surface area contributed by atoms with Gasteiger partial charge in [-0.2, -0.15) is 0 Å². The number of nitrogens with zero attached hydrogens (tertiary/aromatic N) is 1. The van der Waals surface area contributed by atoms with Crippen molar-refractivity contribution in [2.24, 2.45) is 0 Å². The lowest BCUT2D eigenvalue weighted by atomic mass is 9.99. The van der Waals surface area contributed by atoms with Crippen LogP contribution >= 0.6 is 11.3 Å². The number of piperidine rings is 1. The molecule has 0 aliphatic carbocycles. The minimum Gasteiger partial charge on any atom is -0.371 e. The van der Waals surface area contributed by atoms with Crippen molar-refractivity contribution in [3.8, 4) is 0 Å². The second kappa shape index (κ2) is 7.47. The number of likely N-dealkylation sites (tertiary alicyclic amines) is 1. The molecule has 1 amide bonds. The van der Waals surface area contributed by atoms with Crippen molar-refractivity contribution in [2.45, 2.75) is 31.9 Å². The van der Waals surface area contributed by atoms with E-state index >= 15 is 0 Å². The maximum atomic E-state index is 12.3. The Labute approximate surface area is 147 Å². The summed E-state index contributed by atoms with van der Waals surface area (Å²) in [6.07, 6.45) is 2.15. The monoisotopic (exact) mass is 344 g/mol. The van der Waals surface area contributed by atoms with Crippen LogP contribution in [0.5, 0.6) is 0 Å². The van der Waals surface area contributed by atoms with E-state index < -0.39 is 5.72 Å². The van der Waals surface area contributed by atoms with Crippen molar-refractivity contribution >= 4 is 17.2 Å². The molecule has 2 heterocycles. The van der Waals surface area contributed by atoms with Crippen LogP contribution in [0.1, 0.15) is 33.6 Å². The standard InChI is InChI=1S/C19H24N2O2S/c1-15-8-14-24-17(15)18(22)20-19(23)9-12-21(13-10-19)11-7-16-5-3-2-4-6-16/h2-6,8,14,23H,7,9-13H2,1H3,(H,20,22). The van der Waals surface area contributed by atoms with Gasteiger partial charge in [0.2, 0.25) is 0 Å². The van der Waals surface area contributed by atoms with Crippen LogP contribution in [0.4, 0.5) is 0 Å². The van der Waals surface area contributed by atoms with Gasteiger partial charge in [-0.15, -0.1) is 11.3 Å². The van der Waals surface area contributed by atoms with E-state index in [2.05, 4.69) is 34.5 Å². The van der Waals surface area contributed by atoms with Crippen LogP contribution in [0.15, 0.2) is 41.8 Å². The van der Waals surface area contributed by atoms with Crippen molar-refractivity contribution in [1.29, 1.82) is 0 Å². The summed E-state index contributed by atoms with van der Waals surface area (Å²) >= 11 is 1.42. The average Bonchev–Trinajstić information content (AvgIpc) is 3.01. The zero-order chi connectivity index (χ0) is 17.0. The Morgan fingerprint density at radius 1 is 1.25 bits per heavy atom. The Morgan fingerprint density at radius 2 is 1.96 bits per heavy atom. The van der Waals surface area contributed by atoms with Gasteiger partial charge in [0.05, 0.1) is 4.88 Å². The molecule has 5 heteroatoms. The molecule has 2 N–H and O–H groups in total. The smallest absolute Gasteiger partial charge is 0.263 e. The van der Waals surface area contributed by atoms with Gasteiger partial charge >= 0.3 is 0 Å². The van der Waals surface area contributed by atoms with E-state index in [1.165, 1.54) is 16.9 Å². The van der Waals surface area contributed by atoms with Gasteiger partial charge in [0, 0.05) is 32.5 Å². The molecule has 0 unspecified atom stereocenters. The van der Waals surface area contributed by atoms with Gasteiger partial charge in [0.1, 0.15) is 5.72 Å². The third kappa shape index (κ3) is 4.23. The highest BCUT2D eigenvalue weighted by Gasteiger charge is 2.34. The van der Waals surface area contributed by atoms with Gasteiger partial charge < -0.3 is 15.3 Å². The lowest BCUT2D eigenvalue weighted by Gasteiger charge is -2.38. The Hall–Kier alpha value is -1.69. The summed E-state index contributed by atoms with van der Waals surface area (Å²) in [6.45, 7) is 4.50. The minimum absolute atomic E-state index is 0.164. The number of nitrogens with one attached hydrogen (secondary N) is 1. The van der Waals surface area contributed by atoms with Gasteiger partial charge in [-0.3, -0.25) is 4.79 Å². The van der Waals surface area contributed by atoms with Crippen molar-refractivity contribution in [2.75, 3.05) is 19.6 Å². The van der Waals surface area contributed by atoms with Crippen molar-refractivity contribution in [3.63, 3.8) is 0 Å². The zero-order valence-corrected chi connectivity index (χ0v) is 14.8. The summed E-state index contributed by atoms with van der Waals surface area (Å²) in [5.74, 6) is -0.164. The summed E-state index contributed by atoms with van der Waals surface area (Å²) in [6, 6.07) is 12.4. The molecular formula is C19H24N2O2S. The third-order valence-electron chi connectivity index (χ3n) is 4.66. The number of benzene rings is 1. The number of carbonyl (C=O) groups excluding carboxylic acids is 1. The maximum Gasteiger partial charge on any atom is 0.263 e. The van der Waals surface area contributed by atoms with E-state index in [1.54, 1.807) is 0 Å². The Balaban J connectivity index is 1.48. The van der Waals surface area contributed by atoms with E-state index in [-0.39, 0.29) is 5.91 Å². The average molecular weight is 344 g/mol. The summed E-state index contributed by atoms with van der Waals surface area (Å²) in [5.41, 5.74) is 1.21. The highest BCUT2D eigenvalue weighted by Crippen LogP contribution is 2.22. The van der Waals surface area contributed by atoms with Gasteiger partial charge in [0.25, 0.3) is 5.91 Å². The molecule has 0 atom stereocenters. The Bertz CT molecular complexity index is 676. The fraction of sp³-hybridized carbons (Fsp3) is 0.421. The zero-order valence-electron chi connectivity index (χ0n) is 14.0. The van der Waals surface area contributed by atoms with Crippen LogP contribution in [0, 0.1) is 6.92 Å². The predicted octanol–water partition coefficient (Wildman–Crippen LogP) is 2.81. The van der Waals surface area contributed by atoms with E-state index in [0.717, 1.165) is 31.6 Å². The van der Waals surface area contributed by atoms with Crippen molar-refractivity contribution < 1.29 is 9.90 Å². The van der Waals surface area contributed by atoms with Crippen molar-refractivity contribution in [1.82, 2.24) is 10.2 Å². The van der Waals surface area contributed by atoms with E-state index in [9.17, 15) is 9.90 Å². The fourth-order valence-corrected chi connectivity index (χ4v) is 3.90. The molecule has 4 nitrogen and oxygen atoms in total. The van der Waals surface area contributed by atoms with Gasteiger partial charge in [-0.25, -0.2) is 0 Å². The number of hydrogen-bond donors (Lipinski definition) is 2. The number of amides is 1. The maximum absolute atomic E-state index is 12.3. The normalized spacial score (nSPS) is 17.6. The molecule has 1 fully saturated rings. The molecule has 1 aliphatic rings. The van der Waals surface area contributed by atoms with Gasteiger partial charge in [-0.1, -0.05) is 30.3 Å². The number of carbonyl (C=O) groups is 1. The molecule has 2 aromatic rings. The lowest BCUT2D eigenvalue weighted by molar-refractivity contribution is -0.0416. The molecule has 0 spiro atoms. The molecule has 0 saturated carbocycles. The Kier molecular flexibility index (Phi) is 5.33.